The van der Waals surface area contributed by atoms with Crippen LogP contribution in [0, 0.1) is 22.7 Å². The van der Waals surface area contributed by atoms with Gasteiger partial charge in [-0.3, -0.25) is 0 Å². The number of aromatic nitrogens is 3. The zero-order chi connectivity index (χ0) is 32.9. The summed E-state index contributed by atoms with van der Waals surface area (Å²) in [6, 6.07) is 50.2. The van der Waals surface area contributed by atoms with Crippen LogP contribution in [0.5, 0.6) is 0 Å². The van der Waals surface area contributed by atoms with Crippen LogP contribution in [-0.2, 0) is 0 Å². The Hall–Kier alpha value is -7.15. The summed E-state index contributed by atoms with van der Waals surface area (Å²) < 4.78 is 6.63. The van der Waals surface area contributed by atoms with Crippen LogP contribution in [-0.4, -0.2) is 15.0 Å². The molecule has 2 aromatic heterocycles. The number of fused-ring (bicyclic) bond motifs is 8. The first-order valence-corrected chi connectivity index (χ1v) is 15.8. The Kier molecular flexibility index (Phi) is 6.47. The highest BCUT2D eigenvalue weighted by Gasteiger charge is 2.19. The first-order chi connectivity index (χ1) is 24.2. The molecule has 0 amide bonds. The van der Waals surface area contributed by atoms with Crippen molar-refractivity contribution >= 4 is 43.5 Å². The van der Waals surface area contributed by atoms with Crippen molar-refractivity contribution in [2.75, 3.05) is 0 Å². The van der Waals surface area contributed by atoms with Crippen molar-refractivity contribution in [2.45, 2.75) is 0 Å². The van der Waals surface area contributed by atoms with E-state index in [0.717, 1.165) is 71.3 Å². The average Bonchev–Trinajstić information content (AvgIpc) is 3.58. The van der Waals surface area contributed by atoms with E-state index in [1.807, 2.05) is 97.1 Å². The number of para-hydroxylation sites is 1. The quantitative estimate of drug-likeness (QED) is 0.180. The normalized spacial score (nSPS) is 11.2. The fourth-order valence-corrected chi connectivity index (χ4v) is 6.64. The van der Waals surface area contributed by atoms with E-state index in [1.54, 1.807) is 6.07 Å². The zero-order valence-electron chi connectivity index (χ0n) is 25.9. The van der Waals surface area contributed by atoms with E-state index in [-0.39, 0.29) is 0 Å². The third kappa shape index (κ3) is 4.76. The van der Waals surface area contributed by atoms with Gasteiger partial charge in [0.25, 0.3) is 0 Å². The molecule has 226 valence electrons. The van der Waals surface area contributed by atoms with Crippen LogP contribution in [0.2, 0.25) is 0 Å². The monoisotopic (exact) mass is 625 g/mol. The lowest BCUT2D eigenvalue weighted by molar-refractivity contribution is 0.673. The van der Waals surface area contributed by atoms with E-state index in [9.17, 15) is 10.5 Å². The van der Waals surface area contributed by atoms with E-state index in [4.69, 9.17) is 19.4 Å². The van der Waals surface area contributed by atoms with Gasteiger partial charge in [0.05, 0.1) is 23.3 Å². The summed E-state index contributed by atoms with van der Waals surface area (Å²) in [6.07, 6.45) is 0. The number of nitrogens with zero attached hydrogens (tertiary/aromatic N) is 5. The summed E-state index contributed by atoms with van der Waals surface area (Å²) in [5.74, 6) is 1.77. The largest absolute Gasteiger partial charge is 0.455 e. The maximum absolute atomic E-state index is 9.62. The van der Waals surface area contributed by atoms with Crippen LogP contribution in [0.25, 0.3) is 88.8 Å². The van der Waals surface area contributed by atoms with Crippen molar-refractivity contribution < 1.29 is 4.42 Å². The van der Waals surface area contributed by atoms with Gasteiger partial charge in [-0.2, -0.15) is 10.5 Å². The maximum Gasteiger partial charge on any atom is 0.164 e. The molecule has 0 saturated carbocycles. The second-order valence-corrected chi connectivity index (χ2v) is 11.9. The van der Waals surface area contributed by atoms with E-state index < -0.39 is 0 Å². The molecule has 9 rings (SSSR count). The lowest BCUT2D eigenvalue weighted by atomic mass is 9.92. The summed E-state index contributed by atoms with van der Waals surface area (Å²) in [6.45, 7) is 0. The van der Waals surface area contributed by atoms with Crippen molar-refractivity contribution in [3.8, 4) is 57.4 Å². The molecule has 0 N–H and O–H groups in total. The highest BCUT2D eigenvalue weighted by molar-refractivity contribution is 6.30. The minimum Gasteiger partial charge on any atom is -0.455 e. The van der Waals surface area contributed by atoms with Gasteiger partial charge in [-0.05, 0) is 63.7 Å². The average molecular weight is 626 g/mol. The molecule has 6 heteroatoms. The van der Waals surface area contributed by atoms with Crippen LogP contribution < -0.4 is 0 Å². The third-order valence-corrected chi connectivity index (χ3v) is 8.92. The Balaban J connectivity index is 1.31. The molecule has 0 radical (unpaired) electrons. The van der Waals surface area contributed by atoms with Gasteiger partial charge in [0.1, 0.15) is 11.2 Å². The first-order valence-electron chi connectivity index (χ1n) is 15.8. The highest BCUT2D eigenvalue weighted by atomic mass is 16.3. The Labute approximate surface area is 280 Å². The van der Waals surface area contributed by atoms with Crippen LogP contribution >= 0.6 is 0 Å². The molecule has 0 aliphatic carbocycles. The minimum absolute atomic E-state index is 0.447. The predicted molar refractivity (Wildman–Crippen MR) is 193 cm³/mol. The Bertz CT molecular complexity index is 2750. The number of rotatable bonds is 4. The molecule has 0 saturated heterocycles. The third-order valence-electron chi connectivity index (χ3n) is 8.92. The van der Waals surface area contributed by atoms with Gasteiger partial charge in [0.15, 0.2) is 17.5 Å². The summed E-state index contributed by atoms with van der Waals surface area (Å²) >= 11 is 0. The second-order valence-electron chi connectivity index (χ2n) is 11.9. The fourth-order valence-electron chi connectivity index (χ4n) is 6.64. The van der Waals surface area contributed by atoms with Gasteiger partial charge in [0, 0.05) is 32.8 Å². The maximum atomic E-state index is 9.62. The van der Waals surface area contributed by atoms with Crippen molar-refractivity contribution in [3.05, 3.63) is 151 Å². The molecule has 9 aromatic rings. The molecule has 0 unspecified atom stereocenters. The number of hydrogen-bond acceptors (Lipinski definition) is 6. The van der Waals surface area contributed by atoms with Crippen LogP contribution in [0.1, 0.15) is 11.1 Å². The van der Waals surface area contributed by atoms with Crippen LogP contribution in [0.4, 0.5) is 0 Å². The molecule has 7 aromatic carbocycles. The van der Waals surface area contributed by atoms with Gasteiger partial charge in [-0.15, -0.1) is 0 Å². The molecule has 0 atom stereocenters. The van der Waals surface area contributed by atoms with Crippen molar-refractivity contribution in [3.63, 3.8) is 0 Å². The number of furan rings is 1. The minimum atomic E-state index is 0.447. The fraction of sp³-hybridized carbons (Fsp3) is 0. The standard InChI is InChI=1S/C43H23N5O/c44-24-26-19-27(25-45)21-32(20-26)30-15-17-33-34-18-16-31(23-37(34)40-39(36(33)22-30)35-13-7-8-14-38(35)49-40)43-47-41(28-9-3-1-4-10-28)46-42(48-43)29-11-5-2-6-12-29/h1-23H. The molecule has 0 bridgehead atoms. The highest BCUT2D eigenvalue weighted by Crippen LogP contribution is 2.43. The van der Waals surface area contributed by atoms with Gasteiger partial charge in [0.2, 0.25) is 0 Å². The number of nitriles is 2. The van der Waals surface area contributed by atoms with Gasteiger partial charge in [-0.25, -0.2) is 15.0 Å². The van der Waals surface area contributed by atoms with Crippen LogP contribution in [0.3, 0.4) is 0 Å². The van der Waals surface area contributed by atoms with E-state index >= 15 is 0 Å². The Morgan fingerprint density at radius 3 is 1.57 bits per heavy atom. The molecule has 0 spiro atoms. The van der Waals surface area contributed by atoms with Gasteiger partial charge < -0.3 is 4.42 Å². The lowest BCUT2D eigenvalue weighted by Crippen LogP contribution is -2.00. The topological polar surface area (TPSA) is 99.4 Å². The predicted octanol–water partition coefficient (Wildman–Crippen LogP) is 10.5. The van der Waals surface area contributed by atoms with Crippen molar-refractivity contribution in [1.29, 1.82) is 10.5 Å². The molecule has 49 heavy (non-hydrogen) atoms. The van der Waals surface area contributed by atoms with E-state index in [2.05, 4.69) is 48.5 Å². The lowest BCUT2D eigenvalue weighted by Gasteiger charge is -2.12. The van der Waals surface area contributed by atoms with Crippen molar-refractivity contribution in [1.82, 2.24) is 15.0 Å². The molecular weight excluding hydrogens is 603 g/mol. The van der Waals surface area contributed by atoms with Crippen LogP contribution in [0.15, 0.2) is 144 Å². The Morgan fingerprint density at radius 2 is 0.939 bits per heavy atom. The second kappa shape index (κ2) is 11.3. The van der Waals surface area contributed by atoms with Gasteiger partial charge >= 0.3 is 0 Å². The summed E-state index contributed by atoms with van der Waals surface area (Å²) in [5, 5.41) is 25.3. The molecule has 0 aliphatic heterocycles. The number of hydrogen-bond donors (Lipinski definition) is 0. The molecular formula is C43H23N5O. The number of benzene rings is 7. The molecule has 0 fully saturated rings. The zero-order valence-corrected chi connectivity index (χ0v) is 25.9. The van der Waals surface area contributed by atoms with E-state index in [0.29, 0.717) is 28.6 Å². The molecule has 0 aliphatic rings. The van der Waals surface area contributed by atoms with Crippen molar-refractivity contribution in [2.24, 2.45) is 0 Å². The Morgan fingerprint density at radius 1 is 0.408 bits per heavy atom. The summed E-state index contributed by atoms with van der Waals surface area (Å²) in [4.78, 5) is 14.8. The molecule has 6 nitrogen and oxygen atoms in total. The van der Waals surface area contributed by atoms with E-state index in [1.165, 1.54) is 0 Å². The smallest absolute Gasteiger partial charge is 0.164 e. The summed E-state index contributed by atoms with van der Waals surface area (Å²) in [7, 11) is 0. The first kappa shape index (κ1) is 28.1. The van der Waals surface area contributed by atoms with Gasteiger partial charge in [-0.1, -0.05) is 103 Å². The molecule has 2 heterocycles. The SMILES string of the molecule is N#Cc1cc(C#N)cc(-c2ccc3c4ccc(-c5nc(-c6ccccc6)nc(-c6ccccc6)n5)cc4c4oc5ccccc5c4c3c2)c1. The summed E-state index contributed by atoms with van der Waals surface area (Å²) in [5.41, 5.74) is 6.85.